The molecule has 3 nitrogen and oxygen atoms in total. The summed E-state index contributed by atoms with van der Waals surface area (Å²) in [5, 5.41) is 0. The van der Waals surface area contributed by atoms with E-state index < -0.39 is 0 Å². The first-order chi connectivity index (χ1) is 13.8. The molecule has 0 saturated carbocycles. The van der Waals surface area contributed by atoms with Gasteiger partial charge >= 0.3 is 0 Å². The summed E-state index contributed by atoms with van der Waals surface area (Å²) in [6.45, 7) is 1.37. The van der Waals surface area contributed by atoms with Gasteiger partial charge < -0.3 is 14.0 Å². The molecule has 0 aliphatic carbocycles. The maximum absolute atomic E-state index is 5.90. The number of hydrogen-bond acceptors (Lipinski definition) is 2. The lowest BCUT2D eigenvalue weighted by Crippen LogP contribution is -2.00. The highest BCUT2D eigenvalue weighted by molar-refractivity contribution is 5.61. The van der Waals surface area contributed by atoms with Crippen molar-refractivity contribution < 1.29 is 9.47 Å². The Hall–Kier alpha value is -3.46. The molecule has 1 aromatic heterocycles. The van der Waals surface area contributed by atoms with Crippen molar-refractivity contribution in [2.24, 2.45) is 0 Å². The van der Waals surface area contributed by atoms with Crippen molar-refractivity contribution in [3.63, 3.8) is 0 Å². The summed E-state index contributed by atoms with van der Waals surface area (Å²) in [6.07, 6.45) is 2.11. The van der Waals surface area contributed by atoms with Gasteiger partial charge in [-0.3, -0.25) is 0 Å². The molecular weight excluding hydrogens is 346 g/mol. The van der Waals surface area contributed by atoms with Gasteiger partial charge in [-0.2, -0.15) is 0 Å². The first kappa shape index (κ1) is 17.9. The molecule has 0 atom stereocenters. The Morgan fingerprint density at radius 3 is 2.29 bits per heavy atom. The van der Waals surface area contributed by atoms with Gasteiger partial charge in [0.1, 0.15) is 18.1 Å². The number of rotatable bonds is 7. The smallest absolute Gasteiger partial charge is 0.119 e. The fourth-order valence-electron chi connectivity index (χ4n) is 3.24. The predicted octanol–water partition coefficient (Wildman–Crippen LogP) is 5.79. The Morgan fingerprint density at radius 1 is 0.714 bits per heavy atom. The monoisotopic (exact) mass is 369 g/mol. The zero-order valence-electron chi connectivity index (χ0n) is 15.9. The number of benzene rings is 3. The molecule has 140 valence electrons. The van der Waals surface area contributed by atoms with Crippen LogP contribution in [0.25, 0.3) is 11.3 Å². The van der Waals surface area contributed by atoms with E-state index in [0.29, 0.717) is 6.61 Å². The van der Waals surface area contributed by atoms with Crippen LogP contribution in [-0.4, -0.2) is 11.7 Å². The summed E-state index contributed by atoms with van der Waals surface area (Å²) < 4.78 is 13.5. The Balaban J connectivity index is 1.47. The lowest BCUT2D eigenvalue weighted by Gasteiger charge is -2.12. The van der Waals surface area contributed by atoms with Gasteiger partial charge in [0.25, 0.3) is 0 Å². The maximum Gasteiger partial charge on any atom is 0.119 e. The average Bonchev–Trinajstić information content (AvgIpc) is 3.21. The topological polar surface area (TPSA) is 23.4 Å². The van der Waals surface area contributed by atoms with Crippen LogP contribution in [0.15, 0.2) is 97.2 Å². The van der Waals surface area contributed by atoms with Gasteiger partial charge in [-0.05, 0) is 65.2 Å². The molecule has 28 heavy (non-hydrogen) atoms. The Kier molecular flexibility index (Phi) is 5.43. The fraction of sp³-hybridized carbons (Fsp3) is 0.120. The molecule has 4 aromatic rings. The van der Waals surface area contributed by atoms with E-state index in [1.54, 1.807) is 7.11 Å². The van der Waals surface area contributed by atoms with Crippen LogP contribution in [-0.2, 0) is 13.2 Å². The summed E-state index contributed by atoms with van der Waals surface area (Å²) in [5.74, 6) is 1.75. The van der Waals surface area contributed by atoms with Crippen molar-refractivity contribution in [1.82, 2.24) is 4.57 Å². The van der Waals surface area contributed by atoms with Crippen LogP contribution in [0.4, 0.5) is 0 Å². The van der Waals surface area contributed by atoms with Crippen LogP contribution in [0, 0.1) is 0 Å². The Morgan fingerprint density at radius 2 is 1.50 bits per heavy atom. The van der Waals surface area contributed by atoms with Gasteiger partial charge in [0.15, 0.2) is 0 Å². The molecule has 0 aliphatic heterocycles. The van der Waals surface area contributed by atoms with Crippen LogP contribution in [0.5, 0.6) is 11.5 Å². The van der Waals surface area contributed by atoms with Crippen LogP contribution in [0.3, 0.4) is 0 Å². The highest BCUT2D eigenvalue weighted by Gasteiger charge is 2.06. The van der Waals surface area contributed by atoms with Crippen molar-refractivity contribution in [3.05, 3.63) is 108 Å². The second kappa shape index (κ2) is 8.49. The minimum Gasteiger partial charge on any atom is -0.497 e. The van der Waals surface area contributed by atoms with Crippen molar-refractivity contribution in [1.29, 1.82) is 0 Å². The molecule has 0 spiro atoms. The molecule has 4 rings (SSSR count). The van der Waals surface area contributed by atoms with E-state index in [0.717, 1.165) is 18.0 Å². The lowest BCUT2D eigenvalue weighted by atomic mass is 10.1. The largest absolute Gasteiger partial charge is 0.497 e. The highest BCUT2D eigenvalue weighted by Crippen LogP contribution is 2.25. The summed E-state index contributed by atoms with van der Waals surface area (Å²) in [6, 6.07) is 30.9. The van der Waals surface area contributed by atoms with E-state index in [-0.39, 0.29) is 0 Å². The van der Waals surface area contributed by atoms with E-state index in [4.69, 9.17) is 9.47 Å². The van der Waals surface area contributed by atoms with Crippen LogP contribution >= 0.6 is 0 Å². The van der Waals surface area contributed by atoms with Gasteiger partial charge in [-0.25, -0.2) is 0 Å². The summed E-state index contributed by atoms with van der Waals surface area (Å²) in [7, 11) is 1.70. The van der Waals surface area contributed by atoms with Gasteiger partial charge in [-0.1, -0.05) is 42.5 Å². The highest BCUT2D eigenvalue weighted by atomic mass is 16.5. The van der Waals surface area contributed by atoms with Gasteiger partial charge in [0.2, 0.25) is 0 Å². The molecule has 0 bridgehead atoms. The fourth-order valence-corrected chi connectivity index (χ4v) is 3.24. The van der Waals surface area contributed by atoms with Gasteiger partial charge in [0, 0.05) is 18.4 Å². The third-order valence-electron chi connectivity index (χ3n) is 4.72. The van der Waals surface area contributed by atoms with E-state index in [9.17, 15) is 0 Å². The molecular formula is C25H23NO2. The lowest BCUT2D eigenvalue weighted by molar-refractivity contribution is 0.306. The van der Waals surface area contributed by atoms with Crippen molar-refractivity contribution in [2.45, 2.75) is 13.2 Å². The average molecular weight is 369 g/mol. The summed E-state index contributed by atoms with van der Waals surface area (Å²) >= 11 is 0. The second-order valence-electron chi connectivity index (χ2n) is 6.67. The van der Waals surface area contributed by atoms with Gasteiger partial charge in [0.05, 0.1) is 7.11 Å². The molecule has 0 fully saturated rings. The molecule has 1 heterocycles. The van der Waals surface area contributed by atoms with Crippen LogP contribution in [0.1, 0.15) is 11.1 Å². The predicted molar refractivity (Wildman–Crippen MR) is 113 cm³/mol. The van der Waals surface area contributed by atoms with Crippen molar-refractivity contribution in [2.75, 3.05) is 7.11 Å². The van der Waals surface area contributed by atoms with E-state index >= 15 is 0 Å². The molecule has 0 saturated heterocycles. The minimum atomic E-state index is 0.576. The molecule has 3 aromatic carbocycles. The number of aromatic nitrogens is 1. The first-order valence-electron chi connectivity index (χ1n) is 9.37. The minimum absolute atomic E-state index is 0.576. The first-order valence-corrected chi connectivity index (χ1v) is 9.37. The van der Waals surface area contributed by atoms with E-state index in [2.05, 4.69) is 59.3 Å². The summed E-state index contributed by atoms with van der Waals surface area (Å²) in [4.78, 5) is 0. The van der Waals surface area contributed by atoms with Crippen molar-refractivity contribution >= 4 is 0 Å². The number of hydrogen-bond donors (Lipinski definition) is 0. The zero-order valence-corrected chi connectivity index (χ0v) is 15.9. The Labute approximate surface area is 165 Å². The quantitative estimate of drug-likeness (QED) is 0.411. The molecule has 0 radical (unpaired) electrons. The van der Waals surface area contributed by atoms with E-state index in [1.165, 1.54) is 22.4 Å². The molecule has 0 aliphatic rings. The third-order valence-corrected chi connectivity index (χ3v) is 4.72. The molecule has 0 unspecified atom stereocenters. The number of nitrogens with zero attached hydrogens (tertiary/aromatic N) is 1. The maximum atomic E-state index is 5.90. The normalized spacial score (nSPS) is 10.6. The summed E-state index contributed by atoms with van der Waals surface area (Å²) in [5.41, 5.74) is 4.72. The number of ether oxygens (including phenoxy) is 2. The molecule has 0 N–H and O–H groups in total. The SMILES string of the molecule is COc1cccc(Cn2cccc2-c2ccc(OCc3ccccc3)cc2)c1. The Bertz CT molecular complexity index is 1020. The van der Waals surface area contributed by atoms with Crippen molar-refractivity contribution in [3.8, 4) is 22.8 Å². The van der Waals surface area contributed by atoms with E-state index in [1.807, 2.05) is 42.5 Å². The molecule has 0 amide bonds. The zero-order chi connectivity index (χ0) is 19.2. The standard InChI is InChI=1S/C25H23NO2/c1-27-24-10-5-9-21(17-24)18-26-16-6-11-25(26)22-12-14-23(15-13-22)28-19-20-7-3-2-4-8-20/h2-17H,18-19H2,1H3. The van der Waals surface area contributed by atoms with Gasteiger partial charge in [-0.15, -0.1) is 0 Å². The van der Waals surface area contributed by atoms with Crippen LogP contribution < -0.4 is 9.47 Å². The van der Waals surface area contributed by atoms with Crippen LogP contribution in [0.2, 0.25) is 0 Å². The molecule has 3 heteroatoms. The number of methoxy groups -OCH3 is 1. The third kappa shape index (κ3) is 4.26. The second-order valence-corrected chi connectivity index (χ2v) is 6.67.